The van der Waals surface area contributed by atoms with Crippen molar-refractivity contribution in [1.29, 1.82) is 0 Å². The molecular weight excluding hydrogens is 979 g/mol. The van der Waals surface area contributed by atoms with Crippen molar-refractivity contribution in [1.82, 2.24) is 29.7 Å². The number of hydrogen-bond acceptors (Lipinski definition) is 16. The zero-order valence-electron chi connectivity index (χ0n) is 40.8. The molecule has 1 fully saturated rings. The number of fused-ring (bicyclic) bond motifs is 7. The summed E-state index contributed by atoms with van der Waals surface area (Å²) in [6.45, 7) is 9.03. The number of likely N-dealkylation sites (N-methyl/N-ethyl adjacent to an activating group) is 1. The van der Waals surface area contributed by atoms with Crippen LogP contribution < -0.4 is 23.7 Å². The Kier molecular flexibility index (Phi) is 17.2. The van der Waals surface area contributed by atoms with Crippen molar-refractivity contribution < 1.29 is 52.2 Å². The summed E-state index contributed by atoms with van der Waals surface area (Å²) < 4.78 is 62.4. The number of carboxylic acid groups (broad SMARTS) is 1. The lowest BCUT2D eigenvalue weighted by atomic mass is 9.96. The highest BCUT2D eigenvalue weighted by molar-refractivity contribution is 7.22. The number of halogens is 2. The fourth-order valence-electron chi connectivity index (χ4n) is 8.50. The number of nitrogens with zero attached hydrogens (tertiary/aromatic N) is 6. The Hall–Kier alpha value is -6.51. The van der Waals surface area contributed by atoms with Gasteiger partial charge in [-0.15, -0.1) is 11.3 Å². The average molecular weight is 1040 g/mol. The lowest BCUT2D eigenvalue weighted by Crippen LogP contribution is -2.49. The minimum atomic E-state index is -1.45. The van der Waals surface area contributed by atoms with Crippen molar-refractivity contribution in [2.24, 2.45) is 0 Å². The van der Waals surface area contributed by atoms with Gasteiger partial charge in [-0.3, -0.25) is 4.90 Å². The Balaban J connectivity index is 1.00. The molecule has 7 aromatic rings. The maximum Gasteiger partial charge on any atom is 0.345 e. The summed E-state index contributed by atoms with van der Waals surface area (Å²) in [5, 5.41) is 11.8. The number of methoxy groups -OCH3 is 1. The first-order chi connectivity index (χ1) is 35.6. The second kappa shape index (κ2) is 24.5. The number of carboxylic acids is 1. The Morgan fingerprint density at radius 2 is 1.62 bits per heavy atom. The van der Waals surface area contributed by atoms with Crippen molar-refractivity contribution in [3.8, 4) is 61.8 Å². The van der Waals surface area contributed by atoms with E-state index >= 15 is 0 Å². The summed E-state index contributed by atoms with van der Waals surface area (Å²) in [7, 11) is 3.74. The van der Waals surface area contributed by atoms with Crippen LogP contribution in [-0.2, 0) is 32.0 Å². The van der Waals surface area contributed by atoms with E-state index in [2.05, 4.69) is 31.8 Å². The summed E-state index contributed by atoms with van der Waals surface area (Å²) in [4.78, 5) is 37.7. The highest BCUT2D eigenvalue weighted by Crippen LogP contribution is 2.50. The quantitative estimate of drug-likeness (QED) is 0.0810. The van der Waals surface area contributed by atoms with Gasteiger partial charge in [0.1, 0.15) is 65.9 Å². The molecule has 10 rings (SSSR count). The van der Waals surface area contributed by atoms with Gasteiger partial charge >= 0.3 is 5.97 Å². The molecule has 3 aliphatic heterocycles. The van der Waals surface area contributed by atoms with Gasteiger partial charge in [0.15, 0.2) is 5.82 Å². The molecule has 4 bridgehead atoms. The third kappa shape index (κ3) is 13.0. The van der Waals surface area contributed by atoms with Crippen molar-refractivity contribution in [3.63, 3.8) is 0 Å². The minimum absolute atomic E-state index is 0.0369. The van der Waals surface area contributed by atoms with Crippen LogP contribution in [0.5, 0.6) is 28.9 Å². The molecule has 1 saturated heterocycles. The van der Waals surface area contributed by atoms with Gasteiger partial charge in [0.25, 0.3) is 0 Å². The van der Waals surface area contributed by atoms with Crippen LogP contribution in [0.2, 0.25) is 5.02 Å². The molecule has 0 amide bonds. The van der Waals surface area contributed by atoms with Gasteiger partial charge in [0.05, 0.1) is 49.1 Å². The second-order valence-electron chi connectivity index (χ2n) is 17.5. The summed E-state index contributed by atoms with van der Waals surface area (Å²) in [5.74, 6) is 0.959. The zero-order chi connectivity index (χ0) is 50.7. The number of thiophene rings is 1. The van der Waals surface area contributed by atoms with Crippen molar-refractivity contribution in [2.45, 2.75) is 32.2 Å². The van der Waals surface area contributed by atoms with Crippen LogP contribution in [0.15, 0.2) is 97.5 Å². The fraction of sp³-hybridized carbons (Fsp3) is 0.352. The minimum Gasteiger partial charge on any atom is -0.491 e. The van der Waals surface area contributed by atoms with Crippen LogP contribution in [0.3, 0.4) is 0 Å². The molecule has 3 aliphatic rings. The molecule has 0 aliphatic carbocycles. The largest absolute Gasteiger partial charge is 0.491 e. The number of benzene rings is 4. The number of aliphatic carboxylic acids is 1. The van der Waals surface area contributed by atoms with Gasteiger partial charge in [-0.2, -0.15) is 0 Å². The molecule has 16 nitrogen and oxygen atoms in total. The van der Waals surface area contributed by atoms with Crippen LogP contribution in [0, 0.1) is 12.7 Å². The molecule has 1 N–H and O–H groups in total. The molecule has 6 heterocycles. The molecule has 3 aromatic heterocycles. The lowest BCUT2D eigenvalue weighted by Gasteiger charge is -2.34. The molecule has 382 valence electrons. The topological polar surface area (TPSA) is 169 Å². The van der Waals surface area contributed by atoms with E-state index in [-0.39, 0.29) is 31.3 Å². The molecular formula is C54H56ClFN6O10S. The SMILES string of the molecule is COCCOCCOCCOc1ccc(-c2nccc(COc3ccc4cc3C[C@H](C(=O)O)Oc3ncnc5sc(-c6ccc(F)cc6)c(c35)-c3ccc(c(Cl)c3C)O[C@H](CN3CCN(C)CC3)CO4)n2)cc1. The highest BCUT2D eigenvalue weighted by atomic mass is 35.5. The van der Waals surface area contributed by atoms with E-state index in [1.807, 2.05) is 43.3 Å². The van der Waals surface area contributed by atoms with Crippen LogP contribution >= 0.6 is 22.9 Å². The van der Waals surface area contributed by atoms with E-state index in [4.69, 9.17) is 54.5 Å². The van der Waals surface area contributed by atoms with E-state index < -0.39 is 18.2 Å². The molecule has 4 aromatic carbocycles. The molecule has 73 heavy (non-hydrogen) atoms. The van der Waals surface area contributed by atoms with Crippen molar-refractivity contribution in [2.75, 3.05) is 93.1 Å². The molecule has 2 atom stereocenters. The Bertz CT molecular complexity index is 2980. The van der Waals surface area contributed by atoms with Gasteiger partial charge in [0.2, 0.25) is 12.0 Å². The first-order valence-electron chi connectivity index (χ1n) is 24.0. The Labute approximate surface area is 431 Å². The maximum atomic E-state index is 14.3. The molecule has 0 radical (unpaired) electrons. The average Bonchev–Trinajstić information content (AvgIpc) is 3.79. The van der Waals surface area contributed by atoms with Crippen LogP contribution in [0.25, 0.3) is 43.2 Å². The molecule has 0 unspecified atom stereocenters. The third-order valence-corrected chi connectivity index (χ3v) is 14.1. The highest BCUT2D eigenvalue weighted by Gasteiger charge is 2.30. The van der Waals surface area contributed by atoms with Gasteiger partial charge in [-0.05, 0) is 97.4 Å². The number of piperazine rings is 1. The number of aromatic nitrogens is 4. The standard InChI is InChI=1S/C54H56ClFN6O10S/c1-34-43-13-15-45(49(34)55)71-42(30-62-20-18-61(2)19-21-62)32-69-41-12-14-44(70-31-39-16-17-57-51(60-39)36-6-10-40(11-7-36)68-27-26-67-25-24-66-23-22-65-3)37(28-41)29-46(54(63)64)72-52-48-47(43)50(73-53(48)59-33-58-52)35-4-8-38(56)9-5-35/h4-17,28,33,42,46H,18-27,29-32H2,1-3H3,(H,63,64)/t42-,46-/m1/s1. The summed E-state index contributed by atoms with van der Waals surface area (Å²) in [6.07, 6.45) is 0.956. The van der Waals surface area contributed by atoms with Gasteiger partial charge in [0, 0.05) is 74.0 Å². The van der Waals surface area contributed by atoms with Gasteiger partial charge in [-0.1, -0.05) is 29.8 Å². The maximum absolute atomic E-state index is 14.3. The number of ether oxygens (including phenoxy) is 8. The number of carbonyl (C=O) groups is 1. The van der Waals surface area contributed by atoms with Crippen LogP contribution in [0.1, 0.15) is 16.8 Å². The normalized spacial score (nSPS) is 16.3. The fourth-order valence-corrected chi connectivity index (χ4v) is 9.86. The first-order valence-corrected chi connectivity index (χ1v) is 25.2. The van der Waals surface area contributed by atoms with E-state index in [0.717, 1.165) is 47.7 Å². The smallest absolute Gasteiger partial charge is 0.345 e. The number of hydrogen-bond donors (Lipinski definition) is 1. The van der Waals surface area contributed by atoms with E-state index in [1.165, 1.54) is 29.8 Å². The first kappa shape index (κ1) is 51.4. The van der Waals surface area contributed by atoms with E-state index in [9.17, 15) is 14.3 Å². The van der Waals surface area contributed by atoms with Gasteiger partial charge in [-0.25, -0.2) is 29.1 Å². The summed E-state index contributed by atoms with van der Waals surface area (Å²) >= 11 is 8.61. The number of rotatable bonds is 18. The van der Waals surface area contributed by atoms with E-state index in [0.29, 0.717) is 113 Å². The predicted molar refractivity (Wildman–Crippen MR) is 275 cm³/mol. The third-order valence-electron chi connectivity index (χ3n) is 12.4. The second-order valence-corrected chi connectivity index (χ2v) is 18.9. The van der Waals surface area contributed by atoms with Crippen molar-refractivity contribution in [3.05, 3.63) is 125 Å². The monoisotopic (exact) mass is 1030 g/mol. The van der Waals surface area contributed by atoms with Gasteiger partial charge < -0.3 is 47.9 Å². The molecule has 0 spiro atoms. The van der Waals surface area contributed by atoms with Crippen molar-refractivity contribution >= 4 is 39.1 Å². The molecule has 19 heteroatoms. The zero-order valence-corrected chi connectivity index (χ0v) is 42.3. The lowest BCUT2D eigenvalue weighted by molar-refractivity contribution is -0.145. The van der Waals surface area contributed by atoms with Crippen LogP contribution in [0.4, 0.5) is 4.39 Å². The predicted octanol–water partition coefficient (Wildman–Crippen LogP) is 8.68. The van der Waals surface area contributed by atoms with Crippen LogP contribution in [-0.4, -0.2) is 146 Å². The Morgan fingerprint density at radius 3 is 2.38 bits per heavy atom. The Morgan fingerprint density at radius 1 is 0.863 bits per heavy atom. The summed E-state index contributed by atoms with van der Waals surface area (Å²) in [6, 6.07) is 24.5. The molecule has 0 saturated carbocycles. The van der Waals surface area contributed by atoms with E-state index in [1.54, 1.807) is 49.7 Å². The summed E-state index contributed by atoms with van der Waals surface area (Å²) in [5.41, 5.74) is 4.68.